The van der Waals surface area contributed by atoms with Crippen LogP contribution < -0.4 is 5.32 Å². The van der Waals surface area contributed by atoms with Gasteiger partial charge in [-0.25, -0.2) is 4.79 Å². The van der Waals surface area contributed by atoms with E-state index in [1.54, 1.807) is 12.3 Å². The van der Waals surface area contributed by atoms with Crippen LogP contribution in [0.3, 0.4) is 0 Å². The van der Waals surface area contributed by atoms with Gasteiger partial charge in [-0.05, 0) is 25.1 Å². The molecular weight excluding hydrogens is 246 g/mol. The van der Waals surface area contributed by atoms with Gasteiger partial charge in [-0.15, -0.1) is 0 Å². The van der Waals surface area contributed by atoms with Crippen molar-refractivity contribution >= 4 is 5.97 Å². The normalized spacial score (nSPS) is 10.6. The van der Waals surface area contributed by atoms with Gasteiger partial charge in [0.15, 0.2) is 0 Å². The van der Waals surface area contributed by atoms with Gasteiger partial charge in [-0.2, -0.15) is 5.10 Å². The van der Waals surface area contributed by atoms with Crippen molar-refractivity contribution < 1.29 is 13.9 Å². The minimum atomic E-state index is -0.446. The molecule has 6 heteroatoms. The number of rotatable bonds is 7. The van der Waals surface area contributed by atoms with Crippen LogP contribution in [0.25, 0.3) is 0 Å². The van der Waals surface area contributed by atoms with Gasteiger partial charge in [0.25, 0.3) is 0 Å². The Balaban J connectivity index is 1.71. The highest BCUT2D eigenvalue weighted by Crippen LogP contribution is 2.11. The van der Waals surface area contributed by atoms with E-state index in [9.17, 15) is 4.79 Å². The van der Waals surface area contributed by atoms with Crippen LogP contribution in [0.1, 0.15) is 22.5 Å². The zero-order chi connectivity index (χ0) is 13.5. The number of furan rings is 1. The van der Waals surface area contributed by atoms with Crippen molar-refractivity contribution in [2.24, 2.45) is 0 Å². The molecule has 0 aliphatic carbocycles. The molecule has 0 aliphatic heterocycles. The molecule has 2 aromatic rings. The maximum absolute atomic E-state index is 11.4. The van der Waals surface area contributed by atoms with Gasteiger partial charge >= 0.3 is 5.97 Å². The van der Waals surface area contributed by atoms with Crippen molar-refractivity contribution in [3.63, 3.8) is 0 Å². The smallest absolute Gasteiger partial charge is 0.374 e. The van der Waals surface area contributed by atoms with Gasteiger partial charge < -0.3 is 14.5 Å². The Morgan fingerprint density at radius 2 is 2.47 bits per heavy atom. The van der Waals surface area contributed by atoms with Gasteiger partial charge in [-0.3, -0.25) is 4.68 Å². The van der Waals surface area contributed by atoms with Crippen molar-refractivity contribution in [3.8, 4) is 0 Å². The summed E-state index contributed by atoms with van der Waals surface area (Å²) in [7, 11) is 1.34. The lowest BCUT2D eigenvalue weighted by Crippen LogP contribution is -2.18. The third kappa shape index (κ3) is 3.69. The van der Waals surface area contributed by atoms with E-state index in [0.717, 1.165) is 25.1 Å². The summed E-state index contributed by atoms with van der Waals surface area (Å²) in [5, 5.41) is 7.39. The average molecular weight is 263 g/mol. The second-order valence-electron chi connectivity index (χ2n) is 4.07. The van der Waals surface area contributed by atoms with E-state index < -0.39 is 5.97 Å². The maximum atomic E-state index is 11.4. The van der Waals surface area contributed by atoms with E-state index in [1.807, 2.05) is 16.9 Å². The minimum Gasteiger partial charge on any atom is -0.463 e. The van der Waals surface area contributed by atoms with Crippen LogP contribution in [0.15, 0.2) is 35.2 Å². The van der Waals surface area contributed by atoms with Gasteiger partial charge in [0.05, 0.1) is 13.4 Å². The van der Waals surface area contributed by atoms with Gasteiger partial charge in [0.1, 0.15) is 0 Å². The largest absolute Gasteiger partial charge is 0.463 e. The summed E-state index contributed by atoms with van der Waals surface area (Å²) < 4.78 is 11.6. The molecule has 0 amide bonds. The number of esters is 1. The fourth-order valence-electron chi connectivity index (χ4n) is 1.77. The summed E-state index contributed by atoms with van der Waals surface area (Å²) in [5.74, 6) is -0.180. The van der Waals surface area contributed by atoms with Crippen LogP contribution in [0.2, 0.25) is 0 Å². The highest BCUT2D eigenvalue weighted by atomic mass is 16.5. The Labute approximate surface area is 111 Å². The molecule has 102 valence electrons. The van der Waals surface area contributed by atoms with E-state index in [1.165, 1.54) is 13.4 Å². The topological polar surface area (TPSA) is 69.3 Å². The third-order valence-corrected chi connectivity index (χ3v) is 2.73. The second kappa shape index (κ2) is 6.75. The molecule has 1 N–H and O–H groups in total. The molecule has 2 rings (SSSR count). The van der Waals surface area contributed by atoms with Crippen molar-refractivity contribution in [3.05, 3.63) is 42.1 Å². The molecule has 2 heterocycles. The van der Waals surface area contributed by atoms with Crippen LogP contribution in [0.5, 0.6) is 0 Å². The highest BCUT2D eigenvalue weighted by Gasteiger charge is 2.14. The van der Waals surface area contributed by atoms with Crippen LogP contribution in [0.4, 0.5) is 0 Å². The quantitative estimate of drug-likeness (QED) is 0.604. The molecule has 0 saturated heterocycles. The van der Waals surface area contributed by atoms with Crippen molar-refractivity contribution in [2.75, 3.05) is 13.7 Å². The summed E-state index contributed by atoms with van der Waals surface area (Å²) in [6, 6.07) is 3.67. The standard InChI is InChI=1S/C13H17N3O3/c1-18-13(17)12-11(4-9-19-12)10-14-5-2-7-16-8-3-6-15-16/h3-4,6,8-9,14H,2,5,7,10H2,1H3. The SMILES string of the molecule is COC(=O)c1occc1CNCCCn1cccn1. The first-order chi connectivity index (χ1) is 9.31. The van der Waals surface area contributed by atoms with Crippen LogP contribution in [-0.2, 0) is 17.8 Å². The van der Waals surface area contributed by atoms with E-state index in [4.69, 9.17) is 4.42 Å². The Kier molecular flexibility index (Phi) is 4.74. The molecule has 2 aromatic heterocycles. The number of aryl methyl sites for hydroxylation is 1. The molecule has 0 bridgehead atoms. The van der Waals surface area contributed by atoms with E-state index in [-0.39, 0.29) is 5.76 Å². The first-order valence-corrected chi connectivity index (χ1v) is 6.14. The lowest BCUT2D eigenvalue weighted by atomic mass is 10.2. The monoisotopic (exact) mass is 263 g/mol. The zero-order valence-corrected chi connectivity index (χ0v) is 10.8. The molecule has 0 atom stereocenters. The molecule has 0 radical (unpaired) electrons. The molecule has 0 aromatic carbocycles. The molecule has 0 saturated carbocycles. The maximum Gasteiger partial charge on any atom is 0.374 e. The lowest BCUT2D eigenvalue weighted by Gasteiger charge is -2.05. The Morgan fingerprint density at radius 1 is 1.58 bits per heavy atom. The minimum absolute atomic E-state index is 0.266. The number of carbonyl (C=O) groups excluding carboxylic acids is 1. The number of carbonyl (C=O) groups is 1. The van der Waals surface area contributed by atoms with Gasteiger partial charge in [0.2, 0.25) is 5.76 Å². The van der Waals surface area contributed by atoms with Crippen LogP contribution in [-0.4, -0.2) is 29.4 Å². The molecule has 19 heavy (non-hydrogen) atoms. The zero-order valence-electron chi connectivity index (χ0n) is 10.8. The van der Waals surface area contributed by atoms with Crippen molar-refractivity contribution in [1.29, 1.82) is 0 Å². The predicted octanol–water partition coefficient (Wildman–Crippen LogP) is 1.44. The van der Waals surface area contributed by atoms with Gasteiger partial charge in [-0.1, -0.05) is 0 Å². The number of ether oxygens (including phenoxy) is 1. The Bertz CT molecular complexity index is 505. The fourth-order valence-corrected chi connectivity index (χ4v) is 1.77. The van der Waals surface area contributed by atoms with Crippen molar-refractivity contribution in [1.82, 2.24) is 15.1 Å². The number of hydrogen-bond acceptors (Lipinski definition) is 5. The van der Waals surface area contributed by atoms with Crippen LogP contribution >= 0.6 is 0 Å². The van der Waals surface area contributed by atoms with E-state index in [2.05, 4.69) is 15.2 Å². The summed E-state index contributed by atoms with van der Waals surface area (Å²) in [4.78, 5) is 11.4. The van der Waals surface area contributed by atoms with Gasteiger partial charge in [0, 0.05) is 31.0 Å². The number of aromatic nitrogens is 2. The average Bonchev–Trinajstić information content (AvgIpc) is 3.08. The molecule has 0 unspecified atom stereocenters. The first kappa shape index (κ1) is 13.4. The molecule has 0 aliphatic rings. The predicted molar refractivity (Wildman–Crippen MR) is 68.6 cm³/mol. The first-order valence-electron chi connectivity index (χ1n) is 6.14. The summed E-state index contributed by atoms with van der Waals surface area (Å²) in [6.45, 7) is 2.29. The molecule has 0 spiro atoms. The van der Waals surface area contributed by atoms with E-state index >= 15 is 0 Å². The van der Waals surface area contributed by atoms with E-state index in [0.29, 0.717) is 6.54 Å². The summed E-state index contributed by atoms with van der Waals surface area (Å²) in [6.07, 6.45) is 6.16. The summed E-state index contributed by atoms with van der Waals surface area (Å²) >= 11 is 0. The Morgan fingerprint density at radius 3 is 3.21 bits per heavy atom. The molecule has 6 nitrogen and oxygen atoms in total. The second-order valence-corrected chi connectivity index (χ2v) is 4.07. The number of methoxy groups -OCH3 is 1. The lowest BCUT2D eigenvalue weighted by molar-refractivity contribution is 0.0563. The van der Waals surface area contributed by atoms with Crippen LogP contribution in [0, 0.1) is 0 Å². The number of nitrogens with zero attached hydrogens (tertiary/aromatic N) is 2. The fraction of sp³-hybridized carbons (Fsp3) is 0.385. The van der Waals surface area contributed by atoms with Crippen molar-refractivity contribution in [2.45, 2.75) is 19.5 Å². The molecular formula is C13H17N3O3. The number of nitrogens with one attached hydrogen (secondary N) is 1. The summed E-state index contributed by atoms with van der Waals surface area (Å²) in [5.41, 5.74) is 0.811. The Hall–Kier alpha value is -2.08. The number of hydrogen-bond donors (Lipinski definition) is 1. The highest BCUT2D eigenvalue weighted by molar-refractivity contribution is 5.87. The molecule has 0 fully saturated rings. The third-order valence-electron chi connectivity index (χ3n) is 2.73.